The highest BCUT2D eigenvalue weighted by Gasteiger charge is 2.21. The summed E-state index contributed by atoms with van der Waals surface area (Å²) < 4.78 is 19.3. The fourth-order valence-corrected chi connectivity index (χ4v) is 3.30. The van der Waals surface area contributed by atoms with Gasteiger partial charge >= 0.3 is 5.97 Å². The van der Waals surface area contributed by atoms with E-state index >= 15 is 0 Å². The highest BCUT2D eigenvalue weighted by molar-refractivity contribution is 7.14. The Morgan fingerprint density at radius 2 is 1.89 bits per heavy atom. The predicted octanol–water partition coefficient (Wildman–Crippen LogP) is 4.98. The molecule has 0 N–H and O–H groups in total. The Morgan fingerprint density at radius 1 is 1.19 bits per heavy atom. The number of para-hydroxylation sites is 1. The summed E-state index contributed by atoms with van der Waals surface area (Å²) in [5.41, 5.74) is 0.940. The zero-order chi connectivity index (χ0) is 19.4. The summed E-state index contributed by atoms with van der Waals surface area (Å²) in [6, 6.07) is 12.3. The Hall–Kier alpha value is -2.77. The summed E-state index contributed by atoms with van der Waals surface area (Å²) in [5, 5.41) is 2.47. The van der Waals surface area contributed by atoms with Crippen molar-refractivity contribution in [3.05, 3.63) is 76.0 Å². The van der Waals surface area contributed by atoms with E-state index in [2.05, 4.69) is 4.98 Å². The molecule has 0 aliphatic carbocycles. The van der Waals surface area contributed by atoms with Crippen molar-refractivity contribution in [2.45, 2.75) is 13.5 Å². The van der Waals surface area contributed by atoms with Crippen LogP contribution >= 0.6 is 22.9 Å². The highest BCUT2D eigenvalue weighted by atomic mass is 35.5. The van der Waals surface area contributed by atoms with Gasteiger partial charge in [-0.15, -0.1) is 11.3 Å². The van der Waals surface area contributed by atoms with Crippen molar-refractivity contribution in [3.8, 4) is 0 Å². The summed E-state index contributed by atoms with van der Waals surface area (Å²) >= 11 is 6.95. The first-order chi connectivity index (χ1) is 13.0. The third-order valence-corrected chi connectivity index (χ3v) is 4.70. The van der Waals surface area contributed by atoms with Gasteiger partial charge in [0.1, 0.15) is 12.4 Å². The molecule has 0 bridgehead atoms. The van der Waals surface area contributed by atoms with Gasteiger partial charge in [-0.2, -0.15) is 0 Å². The van der Waals surface area contributed by atoms with Crippen molar-refractivity contribution in [1.29, 1.82) is 0 Å². The molecule has 0 aliphatic heterocycles. The number of thiazole rings is 1. The van der Waals surface area contributed by atoms with Gasteiger partial charge in [-0.05, 0) is 36.4 Å². The summed E-state index contributed by atoms with van der Waals surface area (Å²) in [6.45, 7) is 1.26. The van der Waals surface area contributed by atoms with Gasteiger partial charge in [-0.1, -0.05) is 23.7 Å². The summed E-state index contributed by atoms with van der Waals surface area (Å²) in [5.74, 6) is -1.42. The van der Waals surface area contributed by atoms with Gasteiger partial charge in [0, 0.05) is 17.3 Å². The van der Waals surface area contributed by atoms with Crippen LogP contribution in [0, 0.1) is 5.82 Å². The maximum absolute atomic E-state index is 14.1. The highest BCUT2D eigenvalue weighted by Crippen LogP contribution is 2.30. The monoisotopic (exact) mass is 404 g/mol. The number of carbonyl (C=O) groups excluding carboxylic acids is 2. The number of ether oxygens (including phenoxy) is 1. The molecule has 8 heteroatoms. The van der Waals surface area contributed by atoms with Crippen molar-refractivity contribution in [1.82, 2.24) is 4.98 Å². The van der Waals surface area contributed by atoms with Crippen molar-refractivity contribution in [2.75, 3.05) is 4.90 Å². The molecule has 138 valence electrons. The molecule has 0 atom stereocenters. The van der Waals surface area contributed by atoms with Crippen LogP contribution in [0.4, 0.5) is 15.2 Å². The minimum absolute atomic E-state index is 0.0685. The second kappa shape index (κ2) is 8.28. The van der Waals surface area contributed by atoms with Crippen molar-refractivity contribution in [2.24, 2.45) is 0 Å². The Kier molecular flexibility index (Phi) is 5.83. The molecular formula is C19H14ClFN2O3S. The van der Waals surface area contributed by atoms with E-state index < -0.39 is 11.8 Å². The van der Waals surface area contributed by atoms with Crippen LogP contribution < -0.4 is 4.90 Å². The molecule has 2 aromatic carbocycles. The lowest BCUT2D eigenvalue weighted by atomic mass is 10.2. The summed E-state index contributed by atoms with van der Waals surface area (Å²) in [7, 11) is 0. The van der Waals surface area contributed by atoms with Gasteiger partial charge in [0.25, 0.3) is 0 Å². The molecule has 0 saturated heterocycles. The molecule has 0 spiro atoms. The van der Waals surface area contributed by atoms with Crippen LogP contribution in [0.5, 0.6) is 0 Å². The van der Waals surface area contributed by atoms with Gasteiger partial charge < -0.3 is 4.74 Å². The smallest absolute Gasteiger partial charge is 0.338 e. The number of amides is 1. The van der Waals surface area contributed by atoms with E-state index in [0.717, 1.165) is 11.3 Å². The van der Waals surface area contributed by atoms with Gasteiger partial charge in [-0.25, -0.2) is 14.2 Å². The van der Waals surface area contributed by atoms with Gasteiger partial charge in [0.2, 0.25) is 5.91 Å². The molecule has 5 nitrogen and oxygen atoms in total. The quantitative estimate of drug-likeness (QED) is 0.563. The van der Waals surface area contributed by atoms with Crippen molar-refractivity contribution < 1.29 is 18.7 Å². The van der Waals surface area contributed by atoms with Crippen LogP contribution in [-0.4, -0.2) is 16.9 Å². The minimum atomic E-state index is -0.529. The first-order valence-electron chi connectivity index (χ1n) is 7.88. The van der Waals surface area contributed by atoms with E-state index in [9.17, 15) is 14.0 Å². The zero-order valence-corrected chi connectivity index (χ0v) is 15.8. The number of hydrogen-bond acceptors (Lipinski definition) is 5. The standard InChI is InChI=1S/C19H14ClFN2O3S/c1-12(24)23(17-5-3-2-4-16(17)21)19-22-15(11-27-19)10-26-18(25)13-6-8-14(20)9-7-13/h2-9,11H,10H2,1H3. The fourth-order valence-electron chi connectivity index (χ4n) is 2.31. The van der Waals surface area contributed by atoms with Crippen LogP contribution in [-0.2, 0) is 16.1 Å². The SMILES string of the molecule is CC(=O)N(c1nc(COC(=O)c2ccc(Cl)cc2)cs1)c1ccccc1F. The van der Waals surface area contributed by atoms with E-state index in [-0.39, 0.29) is 18.2 Å². The predicted molar refractivity (Wildman–Crippen MR) is 102 cm³/mol. The number of anilines is 2. The topological polar surface area (TPSA) is 59.5 Å². The zero-order valence-electron chi connectivity index (χ0n) is 14.2. The number of halogens is 2. The molecule has 0 saturated carbocycles. The molecule has 1 amide bonds. The number of benzene rings is 2. The summed E-state index contributed by atoms with van der Waals surface area (Å²) in [4.78, 5) is 29.5. The molecular weight excluding hydrogens is 391 g/mol. The van der Waals surface area contributed by atoms with E-state index in [0.29, 0.717) is 21.4 Å². The van der Waals surface area contributed by atoms with E-state index in [1.165, 1.54) is 24.0 Å². The number of aromatic nitrogens is 1. The average Bonchev–Trinajstić information content (AvgIpc) is 3.10. The Bertz CT molecular complexity index is 975. The molecule has 3 aromatic rings. The van der Waals surface area contributed by atoms with Crippen molar-refractivity contribution >= 4 is 45.6 Å². The number of carbonyl (C=O) groups is 2. The number of esters is 1. The molecule has 27 heavy (non-hydrogen) atoms. The lowest BCUT2D eigenvalue weighted by Crippen LogP contribution is -2.23. The molecule has 3 rings (SSSR count). The van der Waals surface area contributed by atoms with Crippen molar-refractivity contribution in [3.63, 3.8) is 0 Å². The molecule has 1 aromatic heterocycles. The molecule has 0 aliphatic rings. The fraction of sp³-hybridized carbons (Fsp3) is 0.105. The summed E-state index contributed by atoms with van der Waals surface area (Å²) in [6.07, 6.45) is 0. The van der Waals surface area contributed by atoms with E-state index in [1.54, 1.807) is 41.8 Å². The maximum Gasteiger partial charge on any atom is 0.338 e. The molecule has 1 heterocycles. The average molecular weight is 405 g/mol. The molecule has 0 radical (unpaired) electrons. The number of rotatable bonds is 5. The second-order valence-corrected chi connectivity index (χ2v) is 6.78. The van der Waals surface area contributed by atoms with E-state index in [1.807, 2.05) is 0 Å². The number of nitrogens with zero attached hydrogens (tertiary/aromatic N) is 2. The third-order valence-electron chi connectivity index (χ3n) is 3.57. The van der Waals surface area contributed by atoms with Crippen LogP contribution in [0.1, 0.15) is 23.0 Å². The minimum Gasteiger partial charge on any atom is -0.456 e. The lowest BCUT2D eigenvalue weighted by Gasteiger charge is -2.18. The first-order valence-corrected chi connectivity index (χ1v) is 9.14. The van der Waals surface area contributed by atoms with E-state index in [4.69, 9.17) is 16.3 Å². The normalized spacial score (nSPS) is 10.5. The second-order valence-electron chi connectivity index (χ2n) is 5.51. The lowest BCUT2D eigenvalue weighted by molar-refractivity contribution is -0.115. The molecule has 0 fully saturated rings. The Morgan fingerprint density at radius 3 is 2.56 bits per heavy atom. The first kappa shape index (κ1) is 19.0. The number of hydrogen-bond donors (Lipinski definition) is 0. The maximum atomic E-state index is 14.1. The van der Waals surface area contributed by atoms with Gasteiger partial charge in [0.15, 0.2) is 5.13 Å². The Balaban J connectivity index is 1.73. The largest absolute Gasteiger partial charge is 0.456 e. The molecule has 0 unspecified atom stereocenters. The van der Waals surface area contributed by atoms with Crippen LogP contribution in [0.3, 0.4) is 0 Å². The third kappa shape index (κ3) is 4.50. The van der Waals surface area contributed by atoms with Crippen LogP contribution in [0.25, 0.3) is 0 Å². The Labute approximate surface area is 164 Å². The van der Waals surface area contributed by atoms with Gasteiger partial charge in [0.05, 0.1) is 16.9 Å². The van der Waals surface area contributed by atoms with Crippen LogP contribution in [0.2, 0.25) is 5.02 Å². The van der Waals surface area contributed by atoms with Crippen LogP contribution in [0.15, 0.2) is 53.9 Å². The van der Waals surface area contributed by atoms with Gasteiger partial charge in [-0.3, -0.25) is 9.69 Å².